The summed E-state index contributed by atoms with van der Waals surface area (Å²) in [6, 6.07) is 10.9. The van der Waals surface area contributed by atoms with Gasteiger partial charge in [-0.2, -0.15) is 0 Å². The molecule has 32 heavy (non-hydrogen) atoms. The maximum atomic E-state index is 12.4. The van der Waals surface area contributed by atoms with Crippen LogP contribution in [0.2, 0.25) is 0 Å². The van der Waals surface area contributed by atoms with Gasteiger partial charge >= 0.3 is 6.09 Å². The number of ether oxygens (including phenoxy) is 4. The minimum atomic E-state index is -0.516. The zero-order valence-corrected chi connectivity index (χ0v) is 19.1. The Morgan fingerprint density at radius 1 is 1.16 bits per heavy atom. The Labute approximate surface area is 189 Å². The molecule has 1 aromatic heterocycles. The Balaban J connectivity index is 2.10. The van der Waals surface area contributed by atoms with E-state index < -0.39 is 6.09 Å². The number of hydrogen-bond acceptors (Lipinski definition) is 7. The number of alkyl carbamates (subject to hydrolysis) is 1. The quantitative estimate of drug-likeness (QED) is 0.371. The van der Waals surface area contributed by atoms with Crippen molar-refractivity contribution >= 4 is 12.4 Å². The lowest BCUT2D eigenvalue weighted by atomic mass is 9.95. The fourth-order valence-corrected chi connectivity index (χ4v) is 3.04. The van der Waals surface area contributed by atoms with Crippen LogP contribution in [0, 0.1) is 5.92 Å². The first-order valence-corrected chi connectivity index (χ1v) is 10.6. The van der Waals surface area contributed by atoms with Gasteiger partial charge in [0.25, 0.3) is 5.88 Å². The second-order valence-corrected chi connectivity index (χ2v) is 7.61. The van der Waals surface area contributed by atoms with Crippen LogP contribution in [0.15, 0.2) is 36.4 Å². The molecule has 1 amide bonds. The zero-order chi connectivity index (χ0) is 23.3. The first-order chi connectivity index (χ1) is 15.5. The zero-order valence-electron chi connectivity index (χ0n) is 19.1. The standard InChI is InChI=1S/C24H32N2O6/c1-17(2)20(26-24(28)32-16-18-9-6-5-7-10-18)13-19-14-22(31-12-8-11-29-3)23(30-4)25-21(19)15-27/h5-7,9-10,14-15,17,20H,8,11-13,16H2,1-4H3,(H,26,28)/t20-/m0/s1. The van der Waals surface area contributed by atoms with Crippen LogP contribution < -0.4 is 14.8 Å². The minimum Gasteiger partial charge on any atom is -0.488 e. The molecule has 1 atom stereocenters. The molecule has 1 aromatic carbocycles. The van der Waals surface area contributed by atoms with Gasteiger partial charge in [-0.25, -0.2) is 9.78 Å². The fourth-order valence-electron chi connectivity index (χ4n) is 3.04. The Morgan fingerprint density at radius 3 is 2.53 bits per heavy atom. The highest BCUT2D eigenvalue weighted by Crippen LogP contribution is 2.28. The van der Waals surface area contributed by atoms with E-state index in [0.717, 1.165) is 5.56 Å². The number of rotatable bonds is 13. The summed E-state index contributed by atoms with van der Waals surface area (Å²) in [5.74, 6) is 0.773. The lowest BCUT2D eigenvalue weighted by Crippen LogP contribution is -2.40. The minimum absolute atomic E-state index is 0.0898. The first kappa shape index (κ1) is 25.1. The van der Waals surface area contributed by atoms with Gasteiger partial charge in [0.1, 0.15) is 12.3 Å². The SMILES string of the molecule is COCCCOc1cc(C[C@H](NC(=O)OCc2ccccc2)C(C)C)c(C=O)nc1OC. The van der Waals surface area contributed by atoms with Crippen LogP contribution >= 0.6 is 0 Å². The highest BCUT2D eigenvalue weighted by Gasteiger charge is 2.22. The van der Waals surface area contributed by atoms with Crippen LogP contribution in [0.5, 0.6) is 11.6 Å². The number of nitrogens with zero attached hydrogens (tertiary/aromatic N) is 1. The third-order valence-corrected chi connectivity index (χ3v) is 4.88. The summed E-state index contributed by atoms with van der Waals surface area (Å²) < 4.78 is 21.4. The molecule has 0 aliphatic heterocycles. The Hall–Kier alpha value is -3.13. The normalized spacial score (nSPS) is 11.7. The van der Waals surface area contributed by atoms with E-state index in [1.807, 2.05) is 44.2 Å². The fraction of sp³-hybridized carbons (Fsp3) is 0.458. The molecule has 0 radical (unpaired) electrons. The summed E-state index contributed by atoms with van der Waals surface area (Å²) in [4.78, 5) is 28.3. The van der Waals surface area contributed by atoms with Gasteiger partial charge in [0.15, 0.2) is 12.0 Å². The van der Waals surface area contributed by atoms with Crippen LogP contribution in [-0.4, -0.2) is 50.8 Å². The number of benzene rings is 1. The van der Waals surface area contributed by atoms with Gasteiger partial charge in [-0.1, -0.05) is 44.2 Å². The molecule has 0 bridgehead atoms. The van der Waals surface area contributed by atoms with Crippen molar-refractivity contribution in [1.82, 2.24) is 10.3 Å². The molecule has 2 aromatic rings. The smallest absolute Gasteiger partial charge is 0.407 e. The lowest BCUT2D eigenvalue weighted by molar-refractivity contribution is 0.111. The summed E-state index contributed by atoms with van der Waals surface area (Å²) in [6.45, 7) is 5.15. The molecule has 0 unspecified atom stereocenters. The third kappa shape index (κ3) is 7.85. The second kappa shape index (κ2) is 13.3. The molecular weight excluding hydrogens is 412 g/mol. The molecule has 1 N–H and O–H groups in total. The highest BCUT2D eigenvalue weighted by molar-refractivity contribution is 5.75. The summed E-state index contributed by atoms with van der Waals surface area (Å²) in [5, 5.41) is 2.90. The molecule has 0 saturated carbocycles. The van der Waals surface area contributed by atoms with E-state index in [1.165, 1.54) is 7.11 Å². The van der Waals surface area contributed by atoms with Crippen molar-refractivity contribution in [2.75, 3.05) is 27.4 Å². The van der Waals surface area contributed by atoms with E-state index in [0.29, 0.717) is 43.7 Å². The van der Waals surface area contributed by atoms with Gasteiger partial charge in [-0.15, -0.1) is 0 Å². The van der Waals surface area contributed by atoms with Crippen molar-refractivity contribution in [1.29, 1.82) is 0 Å². The predicted octanol–water partition coefficient (Wildman–Crippen LogP) is 3.81. The number of pyridine rings is 1. The molecule has 0 aliphatic carbocycles. The van der Waals surface area contributed by atoms with E-state index in [1.54, 1.807) is 13.2 Å². The summed E-state index contributed by atoms with van der Waals surface area (Å²) in [5.41, 5.74) is 1.81. The van der Waals surface area contributed by atoms with Gasteiger partial charge in [0.2, 0.25) is 0 Å². The molecule has 174 valence electrons. The summed E-state index contributed by atoms with van der Waals surface area (Å²) >= 11 is 0. The molecule has 0 fully saturated rings. The largest absolute Gasteiger partial charge is 0.488 e. The predicted molar refractivity (Wildman–Crippen MR) is 120 cm³/mol. The van der Waals surface area contributed by atoms with Crippen molar-refractivity contribution < 1.29 is 28.5 Å². The van der Waals surface area contributed by atoms with Gasteiger partial charge in [-0.3, -0.25) is 4.79 Å². The number of hydrogen-bond donors (Lipinski definition) is 1. The molecule has 0 saturated heterocycles. The summed E-state index contributed by atoms with van der Waals surface area (Å²) in [6.07, 6.45) is 1.25. The van der Waals surface area contributed by atoms with Gasteiger partial charge < -0.3 is 24.3 Å². The molecule has 8 nitrogen and oxygen atoms in total. The molecular formula is C24H32N2O6. The Morgan fingerprint density at radius 2 is 1.91 bits per heavy atom. The highest BCUT2D eigenvalue weighted by atomic mass is 16.5. The number of nitrogens with one attached hydrogen (secondary N) is 1. The average molecular weight is 445 g/mol. The van der Waals surface area contributed by atoms with Crippen LogP contribution in [0.3, 0.4) is 0 Å². The molecule has 2 rings (SSSR count). The van der Waals surface area contributed by atoms with Gasteiger partial charge in [0, 0.05) is 26.2 Å². The number of aromatic nitrogens is 1. The number of carbonyl (C=O) groups is 2. The molecule has 1 heterocycles. The van der Waals surface area contributed by atoms with E-state index >= 15 is 0 Å². The Bertz CT molecular complexity index is 857. The van der Waals surface area contributed by atoms with Gasteiger partial charge in [0.05, 0.1) is 13.7 Å². The third-order valence-electron chi connectivity index (χ3n) is 4.88. The number of carbonyl (C=O) groups excluding carboxylic acids is 2. The van der Waals surface area contributed by atoms with E-state index in [2.05, 4.69) is 10.3 Å². The van der Waals surface area contributed by atoms with E-state index in [9.17, 15) is 9.59 Å². The average Bonchev–Trinajstić information content (AvgIpc) is 2.80. The Kier molecular flexibility index (Phi) is 10.5. The van der Waals surface area contributed by atoms with Crippen molar-refractivity contribution in [3.05, 3.63) is 53.2 Å². The summed E-state index contributed by atoms with van der Waals surface area (Å²) in [7, 11) is 3.10. The van der Waals surface area contributed by atoms with Crippen molar-refractivity contribution in [3.8, 4) is 11.6 Å². The maximum Gasteiger partial charge on any atom is 0.407 e. The first-order valence-electron chi connectivity index (χ1n) is 10.6. The monoisotopic (exact) mass is 444 g/mol. The van der Waals surface area contributed by atoms with Crippen LogP contribution in [0.4, 0.5) is 4.79 Å². The molecule has 0 spiro atoms. The van der Waals surface area contributed by atoms with E-state index in [-0.39, 0.29) is 30.1 Å². The number of amides is 1. The van der Waals surface area contributed by atoms with Crippen molar-refractivity contribution in [3.63, 3.8) is 0 Å². The van der Waals surface area contributed by atoms with Gasteiger partial charge in [-0.05, 0) is 29.5 Å². The molecule has 8 heteroatoms. The van der Waals surface area contributed by atoms with Crippen LogP contribution in [0.25, 0.3) is 0 Å². The van der Waals surface area contributed by atoms with Crippen molar-refractivity contribution in [2.24, 2.45) is 5.92 Å². The maximum absolute atomic E-state index is 12.4. The second-order valence-electron chi connectivity index (χ2n) is 7.61. The van der Waals surface area contributed by atoms with E-state index in [4.69, 9.17) is 18.9 Å². The number of aldehydes is 1. The van der Waals surface area contributed by atoms with Crippen LogP contribution in [-0.2, 0) is 22.5 Å². The lowest BCUT2D eigenvalue weighted by Gasteiger charge is -2.23. The van der Waals surface area contributed by atoms with Crippen molar-refractivity contribution in [2.45, 2.75) is 39.3 Å². The number of methoxy groups -OCH3 is 2. The topological polar surface area (TPSA) is 96.0 Å². The van der Waals surface area contributed by atoms with Crippen LogP contribution in [0.1, 0.15) is 41.9 Å². The molecule has 0 aliphatic rings.